The van der Waals surface area contributed by atoms with Gasteiger partial charge in [-0.15, -0.1) is 0 Å². The van der Waals surface area contributed by atoms with Crippen LogP contribution in [-0.4, -0.2) is 58.6 Å². The summed E-state index contributed by atoms with van der Waals surface area (Å²) in [5.74, 6) is -0.581. The average molecular weight is 327 g/mol. The summed E-state index contributed by atoms with van der Waals surface area (Å²) in [6, 6.07) is 5.57. The highest BCUT2D eigenvalue weighted by Gasteiger charge is 2.15. The summed E-state index contributed by atoms with van der Waals surface area (Å²) in [6.45, 7) is 4.46. The van der Waals surface area contributed by atoms with Gasteiger partial charge in [-0.3, -0.25) is 9.69 Å². The van der Waals surface area contributed by atoms with Crippen molar-refractivity contribution in [2.24, 2.45) is 5.73 Å². The van der Waals surface area contributed by atoms with Crippen molar-refractivity contribution >= 4 is 15.9 Å². The molecule has 0 aliphatic carbocycles. The summed E-state index contributed by atoms with van der Waals surface area (Å²) in [5.41, 5.74) is 5.41. The Morgan fingerprint density at radius 1 is 1.23 bits per heavy atom. The summed E-state index contributed by atoms with van der Waals surface area (Å²) in [4.78, 5) is 13.3. The molecule has 7 nitrogen and oxygen atoms in total. The standard InChI is InChI=1S/C14H21N3O4S/c15-14(18)12-2-4-13(5-3-12)22(19,20)16-6-1-7-17-8-10-21-11-9-17/h2-5,16H,1,6-11H2,(H2,15,18). The van der Waals surface area contributed by atoms with Crippen LogP contribution in [0.25, 0.3) is 0 Å². The fourth-order valence-corrected chi connectivity index (χ4v) is 3.29. The topological polar surface area (TPSA) is 102 Å². The Kier molecular flexibility index (Phi) is 5.90. The van der Waals surface area contributed by atoms with Gasteiger partial charge in [-0.1, -0.05) is 0 Å². The van der Waals surface area contributed by atoms with Crippen molar-refractivity contribution in [2.75, 3.05) is 39.4 Å². The number of morpholine rings is 1. The van der Waals surface area contributed by atoms with Crippen molar-refractivity contribution in [2.45, 2.75) is 11.3 Å². The van der Waals surface area contributed by atoms with Crippen LogP contribution in [0.1, 0.15) is 16.8 Å². The van der Waals surface area contributed by atoms with Gasteiger partial charge < -0.3 is 10.5 Å². The van der Waals surface area contributed by atoms with Gasteiger partial charge in [0, 0.05) is 25.2 Å². The number of sulfonamides is 1. The molecule has 0 spiro atoms. The predicted molar refractivity (Wildman–Crippen MR) is 82.0 cm³/mol. The highest BCUT2D eigenvalue weighted by atomic mass is 32.2. The Balaban J connectivity index is 1.81. The molecule has 1 aliphatic heterocycles. The van der Waals surface area contributed by atoms with Gasteiger partial charge in [0.15, 0.2) is 0 Å². The van der Waals surface area contributed by atoms with Gasteiger partial charge >= 0.3 is 0 Å². The predicted octanol–water partition coefficient (Wildman–Crippen LogP) is -0.214. The second-order valence-corrected chi connectivity index (χ2v) is 6.86. The molecule has 1 aliphatic rings. The number of ether oxygens (including phenoxy) is 1. The second-order valence-electron chi connectivity index (χ2n) is 5.09. The van der Waals surface area contributed by atoms with Gasteiger partial charge in [0.2, 0.25) is 15.9 Å². The lowest BCUT2D eigenvalue weighted by Crippen LogP contribution is -2.38. The van der Waals surface area contributed by atoms with Gasteiger partial charge in [0.05, 0.1) is 18.1 Å². The van der Waals surface area contributed by atoms with E-state index in [0.717, 1.165) is 39.3 Å². The molecule has 0 bridgehead atoms. The Hall–Kier alpha value is -1.48. The number of rotatable bonds is 7. The first kappa shape index (κ1) is 16.9. The number of carbonyl (C=O) groups excluding carboxylic acids is 1. The molecule has 0 aromatic heterocycles. The van der Waals surface area contributed by atoms with Crippen LogP contribution in [0.15, 0.2) is 29.2 Å². The minimum absolute atomic E-state index is 0.129. The van der Waals surface area contributed by atoms with Crippen LogP contribution in [0.4, 0.5) is 0 Å². The van der Waals surface area contributed by atoms with Crippen LogP contribution in [0, 0.1) is 0 Å². The molecule has 1 saturated heterocycles. The Morgan fingerprint density at radius 3 is 2.45 bits per heavy atom. The first-order valence-electron chi connectivity index (χ1n) is 7.19. The maximum atomic E-state index is 12.1. The quantitative estimate of drug-likeness (QED) is 0.675. The number of hydrogen-bond acceptors (Lipinski definition) is 5. The number of amides is 1. The SMILES string of the molecule is NC(=O)c1ccc(S(=O)(=O)NCCCN2CCOCC2)cc1. The van der Waals surface area contributed by atoms with Crippen molar-refractivity contribution in [3.63, 3.8) is 0 Å². The molecule has 0 unspecified atom stereocenters. The molecule has 3 N–H and O–H groups in total. The molecule has 0 saturated carbocycles. The molecule has 0 radical (unpaired) electrons. The maximum absolute atomic E-state index is 12.1. The molecule has 122 valence electrons. The van der Waals surface area contributed by atoms with E-state index in [-0.39, 0.29) is 10.5 Å². The summed E-state index contributed by atoms with van der Waals surface area (Å²) < 4.78 is 32.0. The van der Waals surface area contributed by atoms with Crippen LogP contribution >= 0.6 is 0 Å². The van der Waals surface area contributed by atoms with Crippen molar-refractivity contribution < 1.29 is 17.9 Å². The largest absolute Gasteiger partial charge is 0.379 e. The third-order valence-corrected chi connectivity index (χ3v) is 4.97. The molecule has 1 heterocycles. The number of hydrogen-bond donors (Lipinski definition) is 2. The van der Waals surface area contributed by atoms with Crippen molar-refractivity contribution in [1.29, 1.82) is 0 Å². The third kappa shape index (κ3) is 4.77. The zero-order valence-electron chi connectivity index (χ0n) is 12.3. The Morgan fingerprint density at radius 2 is 1.86 bits per heavy atom. The van der Waals surface area contributed by atoms with E-state index in [1.807, 2.05) is 0 Å². The van der Waals surface area contributed by atoms with E-state index >= 15 is 0 Å². The molecule has 2 rings (SSSR count). The van der Waals surface area contributed by atoms with Gasteiger partial charge in [-0.05, 0) is 37.2 Å². The molecule has 1 aromatic rings. The first-order valence-corrected chi connectivity index (χ1v) is 8.67. The average Bonchev–Trinajstić information content (AvgIpc) is 2.53. The number of primary amides is 1. The van der Waals surface area contributed by atoms with E-state index in [9.17, 15) is 13.2 Å². The van der Waals surface area contributed by atoms with Crippen molar-refractivity contribution in [3.8, 4) is 0 Å². The van der Waals surface area contributed by atoms with Crippen LogP contribution in [0.3, 0.4) is 0 Å². The van der Waals surface area contributed by atoms with E-state index in [2.05, 4.69) is 9.62 Å². The summed E-state index contributed by atoms with van der Waals surface area (Å²) in [7, 11) is -3.55. The molecule has 8 heteroatoms. The lowest BCUT2D eigenvalue weighted by molar-refractivity contribution is 0.0376. The summed E-state index contributed by atoms with van der Waals surface area (Å²) in [5, 5.41) is 0. The third-order valence-electron chi connectivity index (χ3n) is 3.50. The van der Waals surface area contributed by atoms with E-state index < -0.39 is 15.9 Å². The monoisotopic (exact) mass is 327 g/mol. The van der Waals surface area contributed by atoms with Gasteiger partial charge in [0.1, 0.15) is 0 Å². The smallest absolute Gasteiger partial charge is 0.248 e. The summed E-state index contributed by atoms with van der Waals surface area (Å²) in [6.07, 6.45) is 0.735. The van der Waals surface area contributed by atoms with Crippen molar-refractivity contribution in [1.82, 2.24) is 9.62 Å². The van der Waals surface area contributed by atoms with E-state index in [1.165, 1.54) is 24.3 Å². The minimum atomic E-state index is -3.55. The maximum Gasteiger partial charge on any atom is 0.248 e. The van der Waals surface area contributed by atoms with Gasteiger partial charge in [-0.25, -0.2) is 13.1 Å². The fourth-order valence-electron chi connectivity index (χ4n) is 2.22. The van der Waals surface area contributed by atoms with Crippen LogP contribution < -0.4 is 10.5 Å². The molecule has 22 heavy (non-hydrogen) atoms. The number of benzene rings is 1. The first-order chi connectivity index (χ1) is 10.5. The number of nitrogens with zero attached hydrogens (tertiary/aromatic N) is 1. The van der Waals surface area contributed by atoms with E-state index in [0.29, 0.717) is 6.54 Å². The van der Waals surface area contributed by atoms with Crippen LogP contribution in [-0.2, 0) is 14.8 Å². The zero-order valence-corrected chi connectivity index (χ0v) is 13.1. The summed E-state index contributed by atoms with van der Waals surface area (Å²) >= 11 is 0. The molecular weight excluding hydrogens is 306 g/mol. The lowest BCUT2D eigenvalue weighted by Gasteiger charge is -2.26. The van der Waals surface area contributed by atoms with Gasteiger partial charge in [-0.2, -0.15) is 0 Å². The molecular formula is C14H21N3O4S. The highest BCUT2D eigenvalue weighted by molar-refractivity contribution is 7.89. The van der Waals surface area contributed by atoms with Crippen LogP contribution in [0.2, 0.25) is 0 Å². The molecule has 1 fully saturated rings. The highest BCUT2D eigenvalue weighted by Crippen LogP contribution is 2.10. The Bertz CT molecular complexity index is 595. The number of nitrogens with two attached hydrogens (primary N) is 1. The molecule has 0 atom stereocenters. The lowest BCUT2D eigenvalue weighted by atomic mass is 10.2. The molecule has 1 aromatic carbocycles. The normalized spacial score (nSPS) is 16.5. The zero-order chi connectivity index (χ0) is 16.0. The van der Waals surface area contributed by atoms with Crippen LogP contribution in [0.5, 0.6) is 0 Å². The minimum Gasteiger partial charge on any atom is -0.379 e. The van der Waals surface area contributed by atoms with Crippen molar-refractivity contribution in [3.05, 3.63) is 29.8 Å². The van der Waals surface area contributed by atoms with E-state index in [4.69, 9.17) is 10.5 Å². The fraction of sp³-hybridized carbons (Fsp3) is 0.500. The second kappa shape index (κ2) is 7.68. The van der Waals surface area contributed by atoms with E-state index in [1.54, 1.807) is 0 Å². The molecule has 1 amide bonds. The van der Waals surface area contributed by atoms with Gasteiger partial charge in [0.25, 0.3) is 0 Å². The Labute approximate surface area is 130 Å². The number of carbonyl (C=O) groups is 1. The number of nitrogens with one attached hydrogen (secondary N) is 1.